The zero-order valence-corrected chi connectivity index (χ0v) is 17.4. The number of benzene rings is 1. The Kier molecular flexibility index (Phi) is 7.23. The van der Waals surface area contributed by atoms with Crippen LogP contribution in [0.15, 0.2) is 30.3 Å². The molecule has 2 amide bonds. The fourth-order valence-electron chi connectivity index (χ4n) is 3.45. The largest absolute Gasteiger partial charge is 0.376 e. The highest BCUT2D eigenvalue weighted by molar-refractivity contribution is 7.12. The Morgan fingerprint density at radius 2 is 2.11 bits per heavy atom. The number of hydrogen-bond acceptors (Lipinski definition) is 4. The first-order valence-electron chi connectivity index (χ1n) is 9.87. The predicted molar refractivity (Wildman–Crippen MR) is 113 cm³/mol. The van der Waals surface area contributed by atoms with Crippen molar-refractivity contribution >= 4 is 28.8 Å². The molecule has 28 heavy (non-hydrogen) atoms. The van der Waals surface area contributed by atoms with Crippen LogP contribution in [0.4, 0.5) is 5.69 Å². The SMILES string of the molecule is Cc1cc(CCCC(=O)Nc2cccc(C(=O)NCC3CCCO3)c2)c(C)s1. The number of anilines is 1. The molecule has 1 aromatic carbocycles. The lowest BCUT2D eigenvalue weighted by atomic mass is 10.1. The van der Waals surface area contributed by atoms with Crippen LogP contribution in [0.2, 0.25) is 0 Å². The molecule has 0 saturated carbocycles. The number of ether oxygens (including phenoxy) is 1. The van der Waals surface area contributed by atoms with Crippen LogP contribution in [-0.4, -0.2) is 31.1 Å². The molecular weight excluding hydrogens is 372 g/mol. The zero-order valence-electron chi connectivity index (χ0n) is 16.5. The van der Waals surface area contributed by atoms with Gasteiger partial charge in [0.15, 0.2) is 0 Å². The van der Waals surface area contributed by atoms with Crippen molar-refractivity contribution in [3.8, 4) is 0 Å². The maximum atomic E-state index is 12.3. The molecule has 150 valence electrons. The summed E-state index contributed by atoms with van der Waals surface area (Å²) in [5.41, 5.74) is 2.53. The molecule has 3 rings (SSSR count). The molecule has 0 bridgehead atoms. The Balaban J connectivity index is 1.45. The quantitative estimate of drug-likeness (QED) is 0.697. The van der Waals surface area contributed by atoms with Crippen molar-refractivity contribution < 1.29 is 14.3 Å². The fourth-order valence-corrected chi connectivity index (χ4v) is 4.42. The Morgan fingerprint density at radius 1 is 1.25 bits per heavy atom. The number of carbonyl (C=O) groups excluding carboxylic acids is 2. The van der Waals surface area contributed by atoms with Crippen molar-refractivity contribution in [2.75, 3.05) is 18.5 Å². The van der Waals surface area contributed by atoms with Crippen LogP contribution < -0.4 is 10.6 Å². The number of hydrogen-bond donors (Lipinski definition) is 2. The van der Waals surface area contributed by atoms with Crippen LogP contribution >= 0.6 is 11.3 Å². The van der Waals surface area contributed by atoms with E-state index in [-0.39, 0.29) is 17.9 Å². The van der Waals surface area contributed by atoms with E-state index < -0.39 is 0 Å². The van der Waals surface area contributed by atoms with Crippen LogP contribution in [0.1, 0.15) is 51.4 Å². The predicted octanol–water partition coefficient (Wildman–Crippen LogP) is 4.24. The van der Waals surface area contributed by atoms with Gasteiger partial charge in [-0.25, -0.2) is 0 Å². The summed E-state index contributed by atoms with van der Waals surface area (Å²) < 4.78 is 5.52. The molecule has 2 heterocycles. The Bertz CT molecular complexity index is 825. The zero-order chi connectivity index (χ0) is 19.9. The Hall–Kier alpha value is -2.18. The molecule has 0 aliphatic carbocycles. The lowest BCUT2D eigenvalue weighted by molar-refractivity contribution is -0.116. The van der Waals surface area contributed by atoms with Gasteiger partial charge in [-0.2, -0.15) is 0 Å². The summed E-state index contributed by atoms with van der Waals surface area (Å²) in [5.74, 6) is -0.170. The first kappa shape index (κ1) is 20.6. The number of aryl methyl sites for hydroxylation is 3. The van der Waals surface area contributed by atoms with E-state index in [1.807, 2.05) is 0 Å². The van der Waals surface area contributed by atoms with Gasteiger partial charge < -0.3 is 15.4 Å². The minimum atomic E-state index is -0.144. The molecule has 1 fully saturated rings. The van der Waals surface area contributed by atoms with Crippen LogP contribution in [-0.2, 0) is 16.0 Å². The van der Waals surface area contributed by atoms with Crippen molar-refractivity contribution in [1.29, 1.82) is 0 Å². The highest BCUT2D eigenvalue weighted by Gasteiger charge is 2.17. The van der Waals surface area contributed by atoms with E-state index in [4.69, 9.17) is 4.74 Å². The molecule has 2 N–H and O–H groups in total. The number of thiophene rings is 1. The van der Waals surface area contributed by atoms with Gasteiger partial charge in [-0.1, -0.05) is 6.07 Å². The summed E-state index contributed by atoms with van der Waals surface area (Å²) in [6.45, 7) is 5.53. The van der Waals surface area contributed by atoms with E-state index in [1.54, 1.807) is 35.6 Å². The average Bonchev–Trinajstić information content (AvgIpc) is 3.29. The number of amides is 2. The average molecular weight is 401 g/mol. The molecule has 0 spiro atoms. The van der Waals surface area contributed by atoms with Gasteiger partial charge >= 0.3 is 0 Å². The number of carbonyl (C=O) groups is 2. The summed E-state index contributed by atoms with van der Waals surface area (Å²) in [5, 5.41) is 5.80. The van der Waals surface area contributed by atoms with Crippen LogP contribution in [0, 0.1) is 13.8 Å². The molecule has 5 nitrogen and oxygen atoms in total. The molecule has 1 atom stereocenters. The summed E-state index contributed by atoms with van der Waals surface area (Å²) in [7, 11) is 0. The summed E-state index contributed by atoms with van der Waals surface area (Å²) in [6, 6.07) is 9.27. The monoisotopic (exact) mass is 400 g/mol. The standard InChI is InChI=1S/C22H28N2O3S/c1-15-12-17(16(2)28-15)6-4-10-21(25)24-19-8-3-7-18(13-19)22(26)23-14-20-9-5-11-27-20/h3,7-8,12-13,20H,4-6,9-11,14H2,1-2H3,(H,23,26)(H,24,25). The number of rotatable bonds is 8. The Morgan fingerprint density at radius 3 is 2.82 bits per heavy atom. The van der Waals surface area contributed by atoms with Crippen molar-refractivity contribution in [3.63, 3.8) is 0 Å². The summed E-state index contributed by atoms with van der Waals surface area (Å²) >= 11 is 1.80. The first-order chi connectivity index (χ1) is 13.5. The van der Waals surface area contributed by atoms with E-state index in [2.05, 4.69) is 30.5 Å². The third-order valence-electron chi connectivity index (χ3n) is 4.92. The van der Waals surface area contributed by atoms with Gasteiger partial charge in [0.2, 0.25) is 5.91 Å². The maximum Gasteiger partial charge on any atom is 0.251 e. The second kappa shape index (κ2) is 9.85. The molecule has 6 heteroatoms. The molecule has 2 aromatic rings. The van der Waals surface area contributed by atoms with Gasteiger partial charge in [-0.15, -0.1) is 11.3 Å². The first-order valence-corrected chi connectivity index (χ1v) is 10.7. The third kappa shape index (κ3) is 5.91. The van der Waals surface area contributed by atoms with Gasteiger partial charge in [0.1, 0.15) is 0 Å². The molecular formula is C22H28N2O3S. The highest BCUT2D eigenvalue weighted by atomic mass is 32.1. The molecule has 1 unspecified atom stereocenters. The van der Waals surface area contributed by atoms with E-state index in [1.165, 1.54) is 15.3 Å². The number of nitrogens with one attached hydrogen (secondary N) is 2. The molecule has 1 aliphatic rings. The minimum absolute atomic E-state index is 0.0264. The summed E-state index contributed by atoms with van der Waals surface area (Å²) in [4.78, 5) is 27.2. The van der Waals surface area contributed by atoms with Crippen LogP contribution in [0.3, 0.4) is 0 Å². The topological polar surface area (TPSA) is 67.4 Å². The summed E-state index contributed by atoms with van der Waals surface area (Å²) in [6.07, 6.45) is 4.33. The van der Waals surface area contributed by atoms with Crippen molar-refractivity contribution in [2.24, 2.45) is 0 Å². The van der Waals surface area contributed by atoms with Crippen molar-refractivity contribution in [3.05, 3.63) is 51.2 Å². The molecule has 1 saturated heterocycles. The lowest BCUT2D eigenvalue weighted by Crippen LogP contribution is -2.31. The molecule has 0 radical (unpaired) electrons. The lowest BCUT2D eigenvalue weighted by Gasteiger charge is -2.11. The van der Waals surface area contributed by atoms with Crippen LogP contribution in [0.25, 0.3) is 0 Å². The van der Waals surface area contributed by atoms with Gasteiger partial charge in [0.05, 0.1) is 6.10 Å². The van der Waals surface area contributed by atoms with E-state index >= 15 is 0 Å². The van der Waals surface area contributed by atoms with E-state index in [0.717, 1.165) is 32.3 Å². The highest BCUT2D eigenvalue weighted by Crippen LogP contribution is 2.22. The van der Waals surface area contributed by atoms with E-state index in [0.29, 0.717) is 24.2 Å². The molecule has 1 aromatic heterocycles. The van der Waals surface area contributed by atoms with Gasteiger partial charge in [-0.3, -0.25) is 9.59 Å². The fraction of sp³-hybridized carbons (Fsp3) is 0.455. The third-order valence-corrected chi connectivity index (χ3v) is 5.92. The smallest absolute Gasteiger partial charge is 0.251 e. The van der Waals surface area contributed by atoms with E-state index in [9.17, 15) is 9.59 Å². The van der Waals surface area contributed by atoms with Gasteiger partial charge in [0.25, 0.3) is 5.91 Å². The van der Waals surface area contributed by atoms with Gasteiger partial charge in [0, 0.05) is 40.6 Å². The second-order valence-corrected chi connectivity index (χ2v) is 8.73. The molecule has 1 aliphatic heterocycles. The van der Waals surface area contributed by atoms with Crippen molar-refractivity contribution in [1.82, 2.24) is 5.32 Å². The normalized spacial score (nSPS) is 16.1. The van der Waals surface area contributed by atoms with Crippen molar-refractivity contribution in [2.45, 2.75) is 52.1 Å². The maximum absolute atomic E-state index is 12.3. The second-order valence-electron chi connectivity index (χ2n) is 7.27. The Labute approximate surface area is 170 Å². The van der Waals surface area contributed by atoms with Crippen LogP contribution in [0.5, 0.6) is 0 Å². The van der Waals surface area contributed by atoms with Gasteiger partial charge in [-0.05, 0) is 69.4 Å². The minimum Gasteiger partial charge on any atom is -0.376 e.